The average molecular weight is 225 g/mol. The summed E-state index contributed by atoms with van der Waals surface area (Å²) in [4.78, 5) is 5.38. The molecule has 3 nitrogen and oxygen atoms in total. The Hall–Kier alpha value is -0.120. The Morgan fingerprint density at radius 1 is 1.25 bits per heavy atom. The van der Waals surface area contributed by atoms with Crippen molar-refractivity contribution in [2.75, 3.05) is 39.8 Å². The second-order valence-electron chi connectivity index (χ2n) is 5.46. The SMILES string of the molecule is CNC(C)CCN1CCN2CCCCC2C1. The quantitative estimate of drug-likeness (QED) is 0.774. The lowest BCUT2D eigenvalue weighted by atomic mass is 9.99. The maximum Gasteiger partial charge on any atom is 0.0223 e. The fourth-order valence-corrected chi connectivity index (χ4v) is 2.94. The predicted molar refractivity (Wildman–Crippen MR) is 68.8 cm³/mol. The molecule has 0 amide bonds. The molecule has 2 aliphatic heterocycles. The standard InChI is InChI=1S/C13H27N3/c1-12(14-2)6-8-15-9-10-16-7-4-3-5-13(16)11-15/h12-14H,3-11H2,1-2H3. The normalized spacial score (nSPS) is 30.0. The molecule has 2 heterocycles. The second kappa shape index (κ2) is 5.99. The van der Waals surface area contributed by atoms with E-state index < -0.39 is 0 Å². The Balaban J connectivity index is 1.72. The van der Waals surface area contributed by atoms with Crippen LogP contribution in [0.5, 0.6) is 0 Å². The first-order valence-corrected chi connectivity index (χ1v) is 6.93. The van der Waals surface area contributed by atoms with Crippen LogP contribution in [0, 0.1) is 0 Å². The number of nitrogens with zero attached hydrogens (tertiary/aromatic N) is 2. The molecule has 2 fully saturated rings. The maximum atomic E-state index is 3.32. The molecule has 0 bridgehead atoms. The molecule has 94 valence electrons. The average Bonchev–Trinajstić information content (AvgIpc) is 2.35. The van der Waals surface area contributed by atoms with Gasteiger partial charge in [-0.1, -0.05) is 6.42 Å². The van der Waals surface area contributed by atoms with E-state index in [0.29, 0.717) is 6.04 Å². The van der Waals surface area contributed by atoms with Crippen molar-refractivity contribution in [3.63, 3.8) is 0 Å². The molecule has 2 rings (SSSR count). The molecule has 2 saturated heterocycles. The third-order valence-electron chi connectivity index (χ3n) is 4.29. The first kappa shape index (κ1) is 12.3. The Labute approximate surface area is 100 Å². The fraction of sp³-hybridized carbons (Fsp3) is 1.00. The van der Waals surface area contributed by atoms with Gasteiger partial charge in [0.25, 0.3) is 0 Å². The summed E-state index contributed by atoms with van der Waals surface area (Å²) in [6.45, 7) is 8.80. The van der Waals surface area contributed by atoms with Gasteiger partial charge in [-0.2, -0.15) is 0 Å². The molecule has 0 saturated carbocycles. The van der Waals surface area contributed by atoms with E-state index in [1.165, 1.54) is 58.4 Å². The van der Waals surface area contributed by atoms with E-state index in [2.05, 4.69) is 29.1 Å². The predicted octanol–water partition coefficient (Wildman–Crippen LogP) is 1.15. The van der Waals surface area contributed by atoms with Gasteiger partial charge in [-0.25, -0.2) is 0 Å². The molecule has 1 N–H and O–H groups in total. The number of piperazine rings is 1. The van der Waals surface area contributed by atoms with Crippen LogP contribution in [0.15, 0.2) is 0 Å². The van der Waals surface area contributed by atoms with E-state index in [1.54, 1.807) is 0 Å². The molecule has 0 radical (unpaired) electrons. The lowest BCUT2D eigenvalue weighted by Gasteiger charge is -2.44. The van der Waals surface area contributed by atoms with Gasteiger partial charge in [0.1, 0.15) is 0 Å². The van der Waals surface area contributed by atoms with Crippen LogP contribution < -0.4 is 5.32 Å². The number of hydrogen-bond acceptors (Lipinski definition) is 3. The van der Waals surface area contributed by atoms with E-state index in [9.17, 15) is 0 Å². The van der Waals surface area contributed by atoms with E-state index in [1.807, 2.05) is 0 Å². The zero-order valence-electron chi connectivity index (χ0n) is 10.9. The molecule has 2 unspecified atom stereocenters. The van der Waals surface area contributed by atoms with Gasteiger partial charge < -0.3 is 10.2 Å². The highest BCUT2D eigenvalue weighted by molar-refractivity contribution is 4.85. The minimum absolute atomic E-state index is 0.657. The molecule has 16 heavy (non-hydrogen) atoms. The minimum atomic E-state index is 0.657. The zero-order valence-corrected chi connectivity index (χ0v) is 10.9. The summed E-state index contributed by atoms with van der Waals surface area (Å²) in [5.41, 5.74) is 0. The van der Waals surface area contributed by atoms with Crippen LogP contribution in [0.1, 0.15) is 32.6 Å². The highest BCUT2D eigenvalue weighted by atomic mass is 15.3. The van der Waals surface area contributed by atoms with Crippen LogP contribution >= 0.6 is 0 Å². The first-order chi connectivity index (χ1) is 7.79. The van der Waals surface area contributed by atoms with Crippen LogP contribution in [0.25, 0.3) is 0 Å². The van der Waals surface area contributed by atoms with Gasteiger partial charge in [0, 0.05) is 31.7 Å². The molecule has 0 aromatic carbocycles. The van der Waals surface area contributed by atoms with Crippen LogP contribution in [0.4, 0.5) is 0 Å². The smallest absolute Gasteiger partial charge is 0.0223 e. The van der Waals surface area contributed by atoms with Gasteiger partial charge in [-0.15, -0.1) is 0 Å². The van der Waals surface area contributed by atoms with Crippen LogP contribution in [0.2, 0.25) is 0 Å². The third kappa shape index (κ3) is 3.19. The topological polar surface area (TPSA) is 18.5 Å². The fourth-order valence-electron chi connectivity index (χ4n) is 2.94. The lowest BCUT2D eigenvalue weighted by molar-refractivity contribution is 0.0479. The van der Waals surface area contributed by atoms with Crippen molar-refractivity contribution in [2.24, 2.45) is 0 Å². The number of rotatable bonds is 4. The van der Waals surface area contributed by atoms with Gasteiger partial charge in [0.2, 0.25) is 0 Å². The summed E-state index contributed by atoms with van der Waals surface area (Å²) in [5, 5.41) is 3.32. The van der Waals surface area contributed by atoms with Crippen molar-refractivity contribution in [3.05, 3.63) is 0 Å². The highest BCUT2D eigenvalue weighted by Gasteiger charge is 2.28. The van der Waals surface area contributed by atoms with E-state index in [-0.39, 0.29) is 0 Å². The summed E-state index contributed by atoms with van der Waals surface area (Å²) in [6.07, 6.45) is 5.58. The minimum Gasteiger partial charge on any atom is -0.317 e. The highest BCUT2D eigenvalue weighted by Crippen LogP contribution is 2.21. The van der Waals surface area contributed by atoms with Gasteiger partial charge in [0.05, 0.1) is 0 Å². The third-order valence-corrected chi connectivity index (χ3v) is 4.29. The molecule has 2 aliphatic rings. The molecule has 3 heteroatoms. The van der Waals surface area contributed by atoms with Gasteiger partial charge in [-0.05, 0) is 46.3 Å². The van der Waals surface area contributed by atoms with E-state index in [0.717, 1.165) is 6.04 Å². The summed E-state index contributed by atoms with van der Waals surface area (Å²) in [7, 11) is 2.06. The second-order valence-corrected chi connectivity index (χ2v) is 5.46. The zero-order chi connectivity index (χ0) is 11.4. The molecule has 0 aromatic heterocycles. The van der Waals surface area contributed by atoms with Gasteiger partial charge in [-0.3, -0.25) is 4.90 Å². The van der Waals surface area contributed by atoms with Crippen LogP contribution in [0.3, 0.4) is 0 Å². The van der Waals surface area contributed by atoms with Crippen molar-refractivity contribution in [2.45, 2.75) is 44.7 Å². The molecule has 2 atom stereocenters. The van der Waals surface area contributed by atoms with E-state index >= 15 is 0 Å². The largest absolute Gasteiger partial charge is 0.317 e. The lowest BCUT2D eigenvalue weighted by Crippen LogP contribution is -2.55. The number of fused-ring (bicyclic) bond motifs is 1. The van der Waals surface area contributed by atoms with Crippen molar-refractivity contribution >= 4 is 0 Å². The Morgan fingerprint density at radius 3 is 2.94 bits per heavy atom. The number of piperidine rings is 1. The van der Waals surface area contributed by atoms with Crippen molar-refractivity contribution in [1.82, 2.24) is 15.1 Å². The number of nitrogens with one attached hydrogen (secondary N) is 1. The molecular weight excluding hydrogens is 198 g/mol. The summed E-state index contributed by atoms with van der Waals surface area (Å²) < 4.78 is 0. The van der Waals surface area contributed by atoms with Gasteiger partial charge >= 0.3 is 0 Å². The van der Waals surface area contributed by atoms with E-state index in [4.69, 9.17) is 0 Å². The molecule has 0 aromatic rings. The van der Waals surface area contributed by atoms with Gasteiger partial charge in [0.15, 0.2) is 0 Å². The molecule has 0 aliphatic carbocycles. The Bertz CT molecular complexity index is 207. The summed E-state index contributed by atoms with van der Waals surface area (Å²) in [6, 6.07) is 1.52. The summed E-state index contributed by atoms with van der Waals surface area (Å²) >= 11 is 0. The van der Waals surface area contributed by atoms with Crippen LogP contribution in [-0.2, 0) is 0 Å². The summed E-state index contributed by atoms with van der Waals surface area (Å²) in [5.74, 6) is 0. The molecule has 0 spiro atoms. The Kier molecular flexibility index (Phi) is 4.62. The monoisotopic (exact) mass is 225 g/mol. The first-order valence-electron chi connectivity index (χ1n) is 6.93. The van der Waals surface area contributed by atoms with Crippen molar-refractivity contribution < 1.29 is 0 Å². The van der Waals surface area contributed by atoms with Crippen molar-refractivity contribution in [3.8, 4) is 0 Å². The molecular formula is C13H27N3. The Morgan fingerprint density at radius 2 is 2.12 bits per heavy atom. The number of hydrogen-bond donors (Lipinski definition) is 1. The maximum absolute atomic E-state index is 3.32. The van der Waals surface area contributed by atoms with Crippen LogP contribution in [-0.4, -0.2) is 61.7 Å². The van der Waals surface area contributed by atoms with Crippen molar-refractivity contribution in [1.29, 1.82) is 0 Å².